The monoisotopic (exact) mass is 426 g/mol. The van der Waals surface area contributed by atoms with E-state index in [1.54, 1.807) is 0 Å². The molecule has 0 aromatic carbocycles. The largest absolute Gasteiger partial charge is 0.555 e. The van der Waals surface area contributed by atoms with Gasteiger partial charge in [0.1, 0.15) is 0 Å². The maximum absolute atomic E-state index is 4.29. The van der Waals surface area contributed by atoms with Gasteiger partial charge in [-0.1, -0.05) is 20.3 Å². The number of ether oxygens (including phenoxy) is 1. The third-order valence-electron chi connectivity index (χ3n) is 0.558. The Morgan fingerprint density at radius 3 is 1.07 bits per heavy atom. The summed E-state index contributed by atoms with van der Waals surface area (Å²) in [6.07, 6.45) is 3.28. The maximum Gasteiger partial charge on any atom is 0.00804 e. The van der Waals surface area contributed by atoms with Crippen molar-refractivity contribution in [3.8, 4) is 0 Å². The predicted octanol–water partition coefficient (Wildman–Crippen LogP) is 3.66. The second kappa shape index (κ2) is 55.5. The van der Waals surface area contributed by atoms with Crippen LogP contribution in [0, 0.1) is 21.0 Å². The summed E-state index contributed by atoms with van der Waals surface area (Å²) in [5.74, 6) is 0. The van der Waals surface area contributed by atoms with Crippen LogP contribution in [-0.4, -0.2) is 6.61 Å². The number of rotatable bonds is 2. The fourth-order valence-electron chi connectivity index (χ4n) is 0. The normalized spacial score (nSPS) is 5.57. The zero-order chi connectivity index (χ0) is 9.54. The van der Waals surface area contributed by atoms with Gasteiger partial charge in [0.2, 0.25) is 0 Å². The van der Waals surface area contributed by atoms with Gasteiger partial charge in [0.25, 0.3) is 0 Å². The minimum Gasteiger partial charge on any atom is -0.555 e. The second-order valence-electron chi connectivity index (χ2n) is 1.85. The molecule has 0 spiro atoms. The molecule has 14 heavy (non-hydrogen) atoms. The molecule has 0 rings (SSSR count). The summed E-state index contributed by atoms with van der Waals surface area (Å²) in [5.41, 5.74) is 0. The molecule has 0 aromatic heterocycles. The minimum absolute atomic E-state index is 0. The van der Waals surface area contributed by atoms with Gasteiger partial charge >= 0.3 is 0 Å². The molecular weight excluding hydrogens is 403 g/mol. The van der Waals surface area contributed by atoms with E-state index in [2.05, 4.69) is 32.6 Å². The molecule has 0 aliphatic rings. The van der Waals surface area contributed by atoms with Crippen molar-refractivity contribution in [2.75, 3.05) is 6.61 Å². The topological polar surface area (TPSA) is 9.23 Å². The van der Waals surface area contributed by atoms with Gasteiger partial charge in [-0.05, 0) is 6.92 Å². The molecule has 81 valence electrons. The molecule has 4 heteroatoms. The second-order valence-corrected chi connectivity index (χ2v) is 1.85. The maximum atomic E-state index is 4.29. The molecule has 0 atom stereocenters. The summed E-state index contributed by atoms with van der Waals surface area (Å²) in [6.45, 7) is 13.8. The fourth-order valence-corrected chi connectivity index (χ4v) is 0. The molecule has 0 amide bonds. The molecular formula is C10H23OY3-3. The van der Waals surface area contributed by atoms with E-state index in [1.807, 2.05) is 13.8 Å². The first-order valence-electron chi connectivity index (χ1n) is 4.20. The first kappa shape index (κ1) is 36.0. The zero-order valence-electron chi connectivity index (χ0n) is 10.1. The Hall–Kier alpha value is 3.27. The van der Waals surface area contributed by atoms with E-state index >= 15 is 0 Å². The van der Waals surface area contributed by atoms with Crippen LogP contribution in [0.5, 0.6) is 0 Å². The molecule has 3 radical (unpaired) electrons. The van der Waals surface area contributed by atoms with Gasteiger partial charge in [0, 0.05) is 105 Å². The Morgan fingerprint density at radius 2 is 1.07 bits per heavy atom. The van der Waals surface area contributed by atoms with E-state index in [1.165, 1.54) is 6.42 Å². The summed E-state index contributed by atoms with van der Waals surface area (Å²) >= 11 is 0. The Balaban J connectivity index is -0.0000000156. The van der Waals surface area contributed by atoms with Crippen molar-refractivity contribution < 1.29 is 103 Å². The van der Waals surface area contributed by atoms with Crippen LogP contribution in [0.1, 0.15) is 40.0 Å². The third-order valence-corrected chi connectivity index (χ3v) is 0.558. The molecule has 0 unspecified atom stereocenters. The molecule has 0 heterocycles. The van der Waals surface area contributed by atoms with Crippen molar-refractivity contribution in [1.29, 1.82) is 0 Å². The van der Waals surface area contributed by atoms with Gasteiger partial charge in [-0.3, -0.25) is 0 Å². The Kier molecular flexibility index (Phi) is 143. The van der Waals surface area contributed by atoms with Crippen molar-refractivity contribution in [2.24, 2.45) is 0 Å². The van der Waals surface area contributed by atoms with Crippen LogP contribution < -0.4 is 0 Å². The molecule has 0 aliphatic carbocycles. The van der Waals surface area contributed by atoms with Crippen LogP contribution in [0.15, 0.2) is 0 Å². The standard InChI is InChI=1S/C4H9.C3H7O.C3H7.3Y/c2*1-3-4-2;1-3-2;;;/h1,3-4H2,2H3;2-3H2,1H3;1,3H2,2H3;;;/q3*-1;;;. The molecule has 0 aromatic rings. The molecule has 0 N–H and O–H groups in total. The van der Waals surface area contributed by atoms with Crippen LogP contribution in [0.2, 0.25) is 0 Å². The van der Waals surface area contributed by atoms with Crippen molar-refractivity contribution >= 4 is 0 Å². The molecule has 0 fully saturated rings. The SMILES string of the molecule is [CH2-]CC.[CH2-]CCC.[CH2-]OCC.[Y].[Y].[Y]. The third kappa shape index (κ3) is 112. The van der Waals surface area contributed by atoms with Gasteiger partial charge < -0.3 is 18.6 Å². The number of unbranched alkanes of at least 4 members (excludes halogenated alkanes) is 1. The minimum atomic E-state index is 0. The molecule has 0 aliphatic heterocycles. The van der Waals surface area contributed by atoms with E-state index in [9.17, 15) is 0 Å². The Bertz CT molecular complexity index is 30.5. The first-order valence-corrected chi connectivity index (χ1v) is 4.20. The van der Waals surface area contributed by atoms with Crippen molar-refractivity contribution in [1.82, 2.24) is 0 Å². The fraction of sp³-hybridized carbons (Fsp3) is 0.700. The Morgan fingerprint density at radius 1 is 0.929 bits per heavy atom. The van der Waals surface area contributed by atoms with Crippen LogP contribution in [0.3, 0.4) is 0 Å². The number of hydrogen-bond acceptors (Lipinski definition) is 1. The van der Waals surface area contributed by atoms with Crippen molar-refractivity contribution in [3.05, 3.63) is 21.0 Å². The van der Waals surface area contributed by atoms with Crippen LogP contribution >= 0.6 is 0 Å². The predicted molar refractivity (Wildman–Crippen MR) is 52.9 cm³/mol. The summed E-state index contributed by atoms with van der Waals surface area (Å²) in [6, 6.07) is 0. The van der Waals surface area contributed by atoms with E-state index < -0.39 is 0 Å². The molecule has 0 saturated carbocycles. The summed E-state index contributed by atoms with van der Waals surface area (Å²) < 4.78 is 4.29. The average Bonchev–Trinajstić information content (AvgIpc) is 2.06. The summed E-state index contributed by atoms with van der Waals surface area (Å²) in [7, 11) is 3.10. The van der Waals surface area contributed by atoms with E-state index in [0.29, 0.717) is 6.61 Å². The van der Waals surface area contributed by atoms with Crippen molar-refractivity contribution in [2.45, 2.75) is 40.0 Å². The van der Waals surface area contributed by atoms with Gasteiger partial charge in [0.05, 0.1) is 0 Å². The van der Waals surface area contributed by atoms with Crippen LogP contribution in [0.4, 0.5) is 0 Å². The van der Waals surface area contributed by atoms with Gasteiger partial charge in [-0.25, -0.2) is 7.11 Å². The Labute approximate surface area is 167 Å². The quantitative estimate of drug-likeness (QED) is 0.613. The van der Waals surface area contributed by atoms with Crippen LogP contribution in [0.25, 0.3) is 0 Å². The van der Waals surface area contributed by atoms with Gasteiger partial charge in [-0.15, -0.1) is 0 Å². The van der Waals surface area contributed by atoms with E-state index in [4.69, 9.17) is 0 Å². The number of hydrogen-bond donors (Lipinski definition) is 0. The van der Waals surface area contributed by atoms with E-state index in [-0.39, 0.29) is 98.1 Å². The average molecular weight is 426 g/mol. The van der Waals surface area contributed by atoms with Gasteiger partial charge in [-0.2, -0.15) is 12.8 Å². The molecule has 1 nitrogen and oxygen atoms in total. The van der Waals surface area contributed by atoms with Gasteiger partial charge in [0.15, 0.2) is 0 Å². The molecule has 0 bridgehead atoms. The zero-order valence-corrected chi connectivity index (χ0v) is 18.6. The summed E-state index contributed by atoms with van der Waals surface area (Å²) in [4.78, 5) is 0. The molecule has 0 saturated heterocycles. The van der Waals surface area contributed by atoms with Crippen molar-refractivity contribution in [3.63, 3.8) is 0 Å². The smallest absolute Gasteiger partial charge is 0.00804 e. The summed E-state index contributed by atoms with van der Waals surface area (Å²) in [5, 5.41) is 0. The van der Waals surface area contributed by atoms with Crippen LogP contribution in [-0.2, 0) is 103 Å². The first-order chi connectivity index (χ1) is 5.24. The van der Waals surface area contributed by atoms with E-state index in [0.717, 1.165) is 12.8 Å².